The number of hydrogen-bond acceptors (Lipinski definition) is 5. The molecule has 1 aliphatic carbocycles. The average molecular weight is 383 g/mol. The predicted octanol–water partition coefficient (Wildman–Crippen LogP) is 1.91. The number of hydrogen-bond donors (Lipinski definition) is 1. The molecule has 146 valence electrons. The number of rotatable bonds is 5. The molecule has 2 aliphatic rings. The molecule has 1 N–H and O–H groups in total. The molecular weight excluding hydrogens is 362 g/mol. The minimum absolute atomic E-state index is 0.0348. The fourth-order valence-corrected chi connectivity index (χ4v) is 3.38. The minimum atomic E-state index is -0.470. The van der Waals surface area contributed by atoms with Crippen molar-refractivity contribution in [2.75, 3.05) is 13.1 Å². The van der Waals surface area contributed by atoms with Crippen molar-refractivity contribution < 1.29 is 14.5 Å². The first-order valence-corrected chi connectivity index (χ1v) is 9.41. The van der Waals surface area contributed by atoms with Crippen molar-refractivity contribution in [2.45, 2.75) is 31.7 Å². The first-order chi connectivity index (χ1) is 13.5. The van der Waals surface area contributed by atoms with Gasteiger partial charge in [-0.1, -0.05) is 6.07 Å². The van der Waals surface area contributed by atoms with E-state index < -0.39 is 4.92 Å². The Kier molecular flexibility index (Phi) is 4.81. The third-order valence-corrected chi connectivity index (χ3v) is 5.19. The largest absolute Gasteiger partial charge is 0.353 e. The summed E-state index contributed by atoms with van der Waals surface area (Å²) in [4.78, 5) is 37.0. The number of nitro groups is 1. The smallest absolute Gasteiger partial charge is 0.274 e. The highest BCUT2D eigenvalue weighted by molar-refractivity contribution is 5.92. The van der Waals surface area contributed by atoms with Crippen LogP contribution in [-0.2, 0) is 4.79 Å². The Balaban J connectivity index is 1.39. The molecule has 0 bridgehead atoms. The molecule has 0 spiro atoms. The van der Waals surface area contributed by atoms with E-state index in [2.05, 4.69) is 10.4 Å². The van der Waals surface area contributed by atoms with Crippen LogP contribution in [0.1, 0.15) is 36.2 Å². The van der Waals surface area contributed by atoms with E-state index in [-0.39, 0.29) is 29.1 Å². The summed E-state index contributed by atoms with van der Waals surface area (Å²) in [5.41, 5.74) is 0.767. The second-order valence-corrected chi connectivity index (χ2v) is 7.27. The molecule has 9 heteroatoms. The highest BCUT2D eigenvalue weighted by Crippen LogP contribution is 2.23. The van der Waals surface area contributed by atoms with Crippen LogP contribution in [-0.4, -0.2) is 50.5 Å². The van der Waals surface area contributed by atoms with E-state index in [0.717, 1.165) is 12.8 Å². The van der Waals surface area contributed by atoms with Gasteiger partial charge in [-0.2, -0.15) is 5.10 Å². The third-order valence-electron chi connectivity index (χ3n) is 5.19. The number of nitro benzene ring substituents is 1. The van der Waals surface area contributed by atoms with Gasteiger partial charge in [-0.25, -0.2) is 4.68 Å². The van der Waals surface area contributed by atoms with Gasteiger partial charge < -0.3 is 10.2 Å². The Bertz CT molecular complexity index is 913. The minimum Gasteiger partial charge on any atom is -0.353 e. The molecule has 0 atom stereocenters. The van der Waals surface area contributed by atoms with Crippen LogP contribution < -0.4 is 5.32 Å². The molecule has 1 aliphatic heterocycles. The summed E-state index contributed by atoms with van der Waals surface area (Å²) in [6, 6.07) is 8.04. The first kappa shape index (κ1) is 18.1. The zero-order valence-electron chi connectivity index (χ0n) is 15.3. The van der Waals surface area contributed by atoms with Crippen molar-refractivity contribution in [2.24, 2.45) is 5.92 Å². The number of nitrogens with one attached hydrogen (secondary N) is 1. The SMILES string of the molecule is O=C(NC1CC1)C1CCN(C(=O)c2ccn(-c3cccc([N+](=O)[O-])c3)n2)CC1. The number of carbonyl (C=O) groups excluding carboxylic acids is 2. The Hall–Kier alpha value is -3.23. The second-order valence-electron chi connectivity index (χ2n) is 7.27. The monoisotopic (exact) mass is 383 g/mol. The lowest BCUT2D eigenvalue weighted by Crippen LogP contribution is -2.43. The Morgan fingerprint density at radius 1 is 1.14 bits per heavy atom. The molecule has 0 unspecified atom stereocenters. The molecule has 1 saturated carbocycles. The van der Waals surface area contributed by atoms with Gasteiger partial charge in [0.2, 0.25) is 5.91 Å². The summed E-state index contributed by atoms with van der Waals surface area (Å²) < 4.78 is 1.45. The van der Waals surface area contributed by atoms with Gasteiger partial charge in [0.15, 0.2) is 5.69 Å². The van der Waals surface area contributed by atoms with E-state index in [1.165, 1.54) is 16.8 Å². The van der Waals surface area contributed by atoms with Gasteiger partial charge in [0.1, 0.15) is 0 Å². The van der Waals surface area contributed by atoms with Crippen LogP contribution in [0.25, 0.3) is 5.69 Å². The van der Waals surface area contributed by atoms with Gasteiger partial charge in [0, 0.05) is 43.4 Å². The van der Waals surface area contributed by atoms with Crippen molar-refractivity contribution in [1.29, 1.82) is 0 Å². The van der Waals surface area contributed by atoms with Crippen molar-refractivity contribution >= 4 is 17.5 Å². The number of amides is 2. The Labute approximate surface area is 161 Å². The normalized spacial score (nSPS) is 17.4. The fourth-order valence-electron chi connectivity index (χ4n) is 3.38. The molecule has 9 nitrogen and oxygen atoms in total. The number of benzene rings is 1. The van der Waals surface area contributed by atoms with Crippen LogP contribution in [0.5, 0.6) is 0 Å². The molecule has 4 rings (SSSR count). The summed E-state index contributed by atoms with van der Waals surface area (Å²) in [6.07, 6.45) is 5.04. The van der Waals surface area contributed by atoms with Gasteiger partial charge in [-0.05, 0) is 37.8 Å². The number of non-ortho nitro benzene ring substituents is 1. The Morgan fingerprint density at radius 3 is 2.57 bits per heavy atom. The maximum atomic E-state index is 12.7. The molecule has 2 aromatic rings. The van der Waals surface area contributed by atoms with Crippen LogP contribution in [0, 0.1) is 16.0 Å². The summed E-state index contributed by atoms with van der Waals surface area (Å²) >= 11 is 0. The van der Waals surface area contributed by atoms with E-state index in [0.29, 0.717) is 37.7 Å². The van der Waals surface area contributed by atoms with Crippen LogP contribution in [0.2, 0.25) is 0 Å². The van der Waals surface area contributed by atoms with Gasteiger partial charge in [0.25, 0.3) is 11.6 Å². The summed E-state index contributed by atoms with van der Waals surface area (Å²) in [5, 5.41) is 18.2. The fraction of sp³-hybridized carbons (Fsp3) is 0.421. The number of likely N-dealkylation sites (tertiary alicyclic amines) is 1. The quantitative estimate of drug-likeness (QED) is 0.626. The van der Waals surface area contributed by atoms with Gasteiger partial charge >= 0.3 is 0 Å². The van der Waals surface area contributed by atoms with Crippen LogP contribution >= 0.6 is 0 Å². The predicted molar refractivity (Wildman–Crippen MR) is 100 cm³/mol. The summed E-state index contributed by atoms with van der Waals surface area (Å²) in [7, 11) is 0. The van der Waals surface area contributed by atoms with Gasteiger partial charge in [0.05, 0.1) is 10.6 Å². The van der Waals surface area contributed by atoms with Crippen molar-refractivity contribution in [3.63, 3.8) is 0 Å². The van der Waals surface area contributed by atoms with Crippen molar-refractivity contribution in [1.82, 2.24) is 20.0 Å². The van der Waals surface area contributed by atoms with E-state index in [4.69, 9.17) is 0 Å². The van der Waals surface area contributed by atoms with E-state index in [1.807, 2.05) is 0 Å². The maximum absolute atomic E-state index is 12.7. The molecule has 1 saturated heterocycles. The molecule has 28 heavy (non-hydrogen) atoms. The third kappa shape index (κ3) is 3.88. The zero-order valence-corrected chi connectivity index (χ0v) is 15.3. The number of piperidine rings is 1. The molecule has 2 fully saturated rings. The van der Waals surface area contributed by atoms with E-state index in [9.17, 15) is 19.7 Å². The molecule has 2 amide bonds. The van der Waals surface area contributed by atoms with Crippen LogP contribution in [0.4, 0.5) is 5.69 Å². The van der Waals surface area contributed by atoms with Gasteiger partial charge in [-0.15, -0.1) is 0 Å². The lowest BCUT2D eigenvalue weighted by molar-refractivity contribution is -0.384. The highest BCUT2D eigenvalue weighted by Gasteiger charge is 2.31. The molecule has 0 radical (unpaired) electrons. The van der Waals surface area contributed by atoms with Crippen LogP contribution in [0.3, 0.4) is 0 Å². The number of carbonyl (C=O) groups is 2. The second kappa shape index (κ2) is 7.41. The first-order valence-electron chi connectivity index (χ1n) is 9.41. The van der Waals surface area contributed by atoms with Gasteiger partial charge in [-0.3, -0.25) is 19.7 Å². The van der Waals surface area contributed by atoms with Crippen LogP contribution in [0.15, 0.2) is 36.5 Å². The molecule has 1 aromatic heterocycles. The average Bonchev–Trinajstić information content (AvgIpc) is 3.39. The van der Waals surface area contributed by atoms with E-state index in [1.54, 1.807) is 29.3 Å². The molecule has 2 heterocycles. The lowest BCUT2D eigenvalue weighted by Gasteiger charge is -2.30. The summed E-state index contributed by atoms with van der Waals surface area (Å²) in [5.74, 6) is -0.123. The zero-order chi connectivity index (χ0) is 19.7. The van der Waals surface area contributed by atoms with Crippen molar-refractivity contribution in [3.8, 4) is 5.69 Å². The molecule has 1 aromatic carbocycles. The number of nitrogens with zero attached hydrogens (tertiary/aromatic N) is 4. The number of aromatic nitrogens is 2. The topological polar surface area (TPSA) is 110 Å². The lowest BCUT2D eigenvalue weighted by atomic mass is 9.95. The highest BCUT2D eigenvalue weighted by atomic mass is 16.6. The molecular formula is C19H21N5O4. The van der Waals surface area contributed by atoms with E-state index >= 15 is 0 Å². The van der Waals surface area contributed by atoms with Crippen molar-refractivity contribution in [3.05, 3.63) is 52.3 Å². The Morgan fingerprint density at radius 2 is 1.89 bits per heavy atom. The maximum Gasteiger partial charge on any atom is 0.274 e. The summed E-state index contributed by atoms with van der Waals surface area (Å²) in [6.45, 7) is 1.04. The standard InChI is InChI=1S/C19H21N5O4/c25-18(20-14-4-5-14)13-6-9-22(10-7-13)19(26)17-8-11-23(21-17)15-2-1-3-16(12-15)24(27)28/h1-3,8,11-14H,4-7,9-10H2,(H,20,25).